The predicted octanol–water partition coefficient (Wildman–Crippen LogP) is 4.00. The summed E-state index contributed by atoms with van der Waals surface area (Å²) in [7, 11) is 3.15. The molecule has 0 N–H and O–H groups in total. The highest BCUT2D eigenvalue weighted by Gasteiger charge is 2.34. The quantitative estimate of drug-likeness (QED) is 0.334. The number of nitrogens with zero attached hydrogens (tertiary/aromatic N) is 2. The summed E-state index contributed by atoms with van der Waals surface area (Å²) in [6.45, 7) is 1.83. The highest BCUT2D eigenvalue weighted by molar-refractivity contribution is 8.77. The molecule has 6 nitrogen and oxygen atoms in total. The molecule has 1 fully saturated rings. The van der Waals surface area contributed by atoms with E-state index >= 15 is 0 Å². The molecule has 0 radical (unpaired) electrons. The van der Waals surface area contributed by atoms with Gasteiger partial charge in [0.1, 0.15) is 17.8 Å². The van der Waals surface area contributed by atoms with Gasteiger partial charge in [0, 0.05) is 13.0 Å². The number of hydrogen-bond donors (Lipinski definition) is 0. The van der Waals surface area contributed by atoms with Crippen molar-refractivity contribution in [2.45, 2.75) is 48.8 Å². The van der Waals surface area contributed by atoms with Crippen LogP contribution < -0.4 is 0 Å². The molecule has 0 saturated heterocycles. The van der Waals surface area contributed by atoms with E-state index in [0.29, 0.717) is 6.61 Å². The molecule has 0 aromatic carbocycles. The number of nitro groups is 1. The topological polar surface area (TPSA) is 82.3 Å². The lowest BCUT2D eigenvalue weighted by molar-refractivity contribution is -0.385. The van der Waals surface area contributed by atoms with Gasteiger partial charge in [-0.25, -0.2) is 4.98 Å². The van der Waals surface area contributed by atoms with E-state index in [1.165, 1.54) is 36.4 Å². The minimum atomic E-state index is -0.460. The van der Waals surface area contributed by atoms with Crippen LogP contribution in [0.5, 0.6) is 0 Å². The van der Waals surface area contributed by atoms with Gasteiger partial charge in [-0.15, -0.1) is 0 Å². The Morgan fingerprint density at radius 3 is 2.68 bits per heavy atom. The number of carbonyl (C=O) groups is 1. The highest BCUT2D eigenvalue weighted by atomic mass is 33.1. The van der Waals surface area contributed by atoms with E-state index in [1.54, 1.807) is 16.9 Å². The first-order chi connectivity index (χ1) is 10.5. The maximum atomic E-state index is 11.1. The van der Waals surface area contributed by atoms with Gasteiger partial charge in [-0.3, -0.25) is 14.9 Å². The van der Waals surface area contributed by atoms with Crippen molar-refractivity contribution in [1.29, 1.82) is 0 Å². The SMILES string of the molecule is CC(=O)OCC1(SSc2ccc([N+](=O)[O-])cn2)CCCCC1. The van der Waals surface area contributed by atoms with E-state index in [1.807, 2.05) is 0 Å². The van der Waals surface area contributed by atoms with Crippen LogP contribution in [0.3, 0.4) is 0 Å². The monoisotopic (exact) mass is 342 g/mol. The Morgan fingerprint density at radius 2 is 2.14 bits per heavy atom. The molecular weight excluding hydrogens is 324 g/mol. The molecule has 1 heterocycles. The van der Waals surface area contributed by atoms with Crippen LogP contribution in [0.2, 0.25) is 0 Å². The Balaban J connectivity index is 1.98. The van der Waals surface area contributed by atoms with Crippen molar-refractivity contribution >= 4 is 33.2 Å². The lowest BCUT2D eigenvalue weighted by atomic mass is 9.89. The first-order valence-corrected chi connectivity index (χ1v) is 9.25. The Kier molecular flexibility index (Phi) is 6.07. The first-order valence-electron chi connectivity index (χ1n) is 7.10. The van der Waals surface area contributed by atoms with Gasteiger partial charge < -0.3 is 4.74 Å². The minimum Gasteiger partial charge on any atom is -0.464 e. The molecule has 0 spiro atoms. The van der Waals surface area contributed by atoms with Crippen LogP contribution >= 0.6 is 21.6 Å². The first kappa shape index (κ1) is 17.1. The molecule has 1 aliphatic rings. The second kappa shape index (κ2) is 7.82. The molecule has 8 heteroatoms. The van der Waals surface area contributed by atoms with Crippen molar-refractivity contribution in [3.63, 3.8) is 0 Å². The molecule has 1 aliphatic carbocycles. The normalized spacial score (nSPS) is 17.0. The van der Waals surface area contributed by atoms with Crippen molar-refractivity contribution in [3.8, 4) is 0 Å². The summed E-state index contributed by atoms with van der Waals surface area (Å²) in [5, 5.41) is 11.3. The molecular formula is C14H18N2O4S2. The standard InChI is InChI=1S/C14H18N2O4S2/c1-11(17)20-10-14(7-3-2-4-8-14)22-21-13-6-5-12(9-15-13)16(18)19/h5-6,9H,2-4,7-8,10H2,1H3. The lowest BCUT2D eigenvalue weighted by Crippen LogP contribution is -2.33. The zero-order valence-corrected chi connectivity index (χ0v) is 14.0. The van der Waals surface area contributed by atoms with Gasteiger partial charge in [-0.2, -0.15) is 0 Å². The molecule has 0 atom stereocenters. The van der Waals surface area contributed by atoms with Gasteiger partial charge in [0.25, 0.3) is 5.69 Å². The third-order valence-electron chi connectivity index (χ3n) is 3.54. The summed E-state index contributed by atoms with van der Waals surface area (Å²) in [4.78, 5) is 25.4. The molecule has 1 aromatic rings. The highest BCUT2D eigenvalue weighted by Crippen LogP contribution is 2.48. The molecule has 0 unspecified atom stereocenters. The fourth-order valence-corrected chi connectivity index (χ4v) is 5.11. The van der Waals surface area contributed by atoms with Gasteiger partial charge in [-0.05, 0) is 29.7 Å². The summed E-state index contributed by atoms with van der Waals surface area (Å²) in [6, 6.07) is 3.10. The number of hydrogen-bond acceptors (Lipinski definition) is 7. The van der Waals surface area contributed by atoms with E-state index in [-0.39, 0.29) is 16.4 Å². The van der Waals surface area contributed by atoms with E-state index in [4.69, 9.17) is 4.74 Å². The maximum Gasteiger partial charge on any atom is 0.302 e. The Morgan fingerprint density at radius 1 is 1.41 bits per heavy atom. The van der Waals surface area contributed by atoms with Crippen molar-refractivity contribution in [2.75, 3.05) is 6.61 Å². The molecule has 2 rings (SSSR count). The van der Waals surface area contributed by atoms with E-state index in [2.05, 4.69) is 4.98 Å². The second-order valence-corrected chi connectivity index (χ2v) is 7.92. The molecule has 22 heavy (non-hydrogen) atoms. The average molecular weight is 342 g/mol. The third-order valence-corrected chi connectivity index (χ3v) is 6.74. The summed E-state index contributed by atoms with van der Waals surface area (Å²) in [5.41, 5.74) is -0.0124. The van der Waals surface area contributed by atoms with Crippen LogP contribution in [-0.2, 0) is 9.53 Å². The zero-order valence-electron chi connectivity index (χ0n) is 12.3. The van der Waals surface area contributed by atoms with Gasteiger partial charge in [0.15, 0.2) is 0 Å². The predicted molar refractivity (Wildman–Crippen MR) is 86.8 cm³/mol. The van der Waals surface area contributed by atoms with E-state index in [0.717, 1.165) is 30.7 Å². The summed E-state index contributed by atoms with van der Waals surface area (Å²) < 4.78 is 5.16. The molecule has 0 amide bonds. The largest absolute Gasteiger partial charge is 0.464 e. The molecule has 0 aliphatic heterocycles. The van der Waals surface area contributed by atoms with Crippen LogP contribution in [0.4, 0.5) is 5.69 Å². The summed E-state index contributed by atoms with van der Waals surface area (Å²) in [6.07, 6.45) is 6.74. The smallest absolute Gasteiger partial charge is 0.302 e. The van der Waals surface area contributed by atoms with Crippen molar-refractivity contribution in [2.24, 2.45) is 0 Å². The maximum absolute atomic E-state index is 11.1. The van der Waals surface area contributed by atoms with Crippen molar-refractivity contribution in [3.05, 3.63) is 28.4 Å². The van der Waals surface area contributed by atoms with Crippen molar-refractivity contribution in [1.82, 2.24) is 4.98 Å². The van der Waals surface area contributed by atoms with Gasteiger partial charge in [-0.1, -0.05) is 30.1 Å². The van der Waals surface area contributed by atoms with Crippen LogP contribution in [0, 0.1) is 10.1 Å². The minimum absolute atomic E-state index is 0.0124. The number of ether oxygens (including phenoxy) is 1. The number of rotatable bonds is 6. The summed E-state index contributed by atoms with van der Waals surface area (Å²) >= 11 is 0. The van der Waals surface area contributed by atoms with Crippen LogP contribution in [0.15, 0.2) is 23.4 Å². The van der Waals surface area contributed by atoms with E-state index < -0.39 is 4.92 Å². The van der Waals surface area contributed by atoms with Crippen LogP contribution in [0.1, 0.15) is 39.0 Å². The van der Waals surface area contributed by atoms with E-state index in [9.17, 15) is 14.9 Å². The third kappa shape index (κ3) is 4.88. The molecule has 1 saturated carbocycles. The number of carbonyl (C=O) groups excluding carboxylic acids is 1. The number of pyridine rings is 1. The lowest BCUT2D eigenvalue weighted by Gasteiger charge is -2.35. The zero-order chi connectivity index (χ0) is 16.0. The average Bonchev–Trinajstić information content (AvgIpc) is 2.52. The number of esters is 1. The van der Waals surface area contributed by atoms with Crippen molar-refractivity contribution < 1.29 is 14.5 Å². The second-order valence-electron chi connectivity index (χ2n) is 5.30. The van der Waals surface area contributed by atoms with Gasteiger partial charge >= 0.3 is 5.97 Å². The Labute approximate surface area is 137 Å². The fourth-order valence-electron chi connectivity index (χ4n) is 2.34. The Hall–Kier alpha value is -1.28. The van der Waals surface area contributed by atoms with Gasteiger partial charge in [0.05, 0.1) is 9.67 Å². The Bertz CT molecular complexity index is 530. The number of aromatic nitrogens is 1. The van der Waals surface area contributed by atoms with Crippen LogP contribution in [-0.4, -0.2) is 27.2 Å². The summed E-state index contributed by atoms with van der Waals surface area (Å²) in [5.74, 6) is -0.260. The van der Waals surface area contributed by atoms with Crippen LogP contribution in [0.25, 0.3) is 0 Å². The fraction of sp³-hybridized carbons (Fsp3) is 0.571. The molecule has 1 aromatic heterocycles. The molecule has 0 bridgehead atoms. The van der Waals surface area contributed by atoms with Gasteiger partial charge in [0.2, 0.25) is 0 Å². The molecule has 120 valence electrons.